The topological polar surface area (TPSA) is 11.4 Å². The molecule has 340 valence electrons. The Morgan fingerprint density at radius 3 is 1.66 bits per heavy atom. The molecule has 2 aromatic heterocycles. The van der Waals surface area contributed by atoms with Gasteiger partial charge in [0, 0.05) is 59.8 Å². The van der Waals surface area contributed by atoms with Crippen LogP contribution in [0.4, 0.5) is 34.1 Å². The van der Waals surface area contributed by atoms with Crippen LogP contribution < -0.4 is 25.5 Å². The molecule has 3 aliphatic rings. The molecular weight excluding hydrogens is 842 g/mol. The van der Waals surface area contributed by atoms with E-state index in [1.54, 1.807) is 0 Å². The van der Waals surface area contributed by atoms with Crippen molar-refractivity contribution in [1.82, 2.24) is 4.57 Å². The molecule has 0 N–H and O–H groups in total. The third kappa shape index (κ3) is 6.37. The normalized spacial score (nSPS) is 16.1. The summed E-state index contributed by atoms with van der Waals surface area (Å²) in [5.74, 6) is 0. The molecule has 0 atom stereocenters. The van der Waals surface area contributed by atoms with Crippen LogP contribution in [0.5, 0.6) is 0 Å². The first kappa shape index (κ1) is 43.3. The van der Waals surface area contributed by atoms with Crippen LogP contribution in [0.1, 0.15) is 124 Å². The number of nitrogens with zero attached hydrogens (tertiary/aromatic N) is 3. The smallest absolute Gasteiger partial charge is 0.264 e. The van der Waals surface area contributed by atoms with Crippen molar-refractivity contribution in [1.29, 1.82) is 0 Å². The lowest BCUT2D eigenvalue weighted by Crippen LogP contribution is -2.60. The molecule has 9 aromatic rings. The first-order chi connectivity index (χ1) is 32.1. The van der Waals surface area contributed by atoms with E-state index in [1.807, 2.05) is 11.3 Å². The van der Waals surface area contributed by atoms with E-state index in [0.29, 0.717) is 0 Å². The molecule has 1 aliphatic carbocycles. The van der Waals surface area contributed by atoms with Crippen LogP contribution >= 0.6 is 11.3 Å². The van der Waals surface area contributed by atoms with Crippen molar-refractivity contribution >= 4 is 99.8 Å². The molecule has 0 radical (unpaired) electrons. The highest BCUT2D eigenvalue weighted by molar-refractivity contribution is 7.33. The molecule has 2 aliphatic heterocycles. The second-order valence-electron chi connectivity index (χ2n) is 24.6. The van der Waals surface area contributed by atoms with Crippen LogP contribution in [0.2, 0.25) is 0 Å². The maximum absolute atomic E-state index is 2.69. The van der Waals surface area contributed by atoms with Gasteiger partial charge in [-0.2, -0.15) is 0 Å². The summed E-state index contributed by atoms with van der Waals surface area (Å²) in [6.07, 6.45) is 1.13. The molecule has 5 heteroatoms. The molecular formula is C63H64BN3S. The summed E-state index contributed by atoms with van der Waals surface area (Å²) in [4.78, 5) is 5.31. The summed E-state index contributed by atoms with van der Waals surface area (Å²) < 4.78 is 5.25. The SMILES string of the molecule is CC(C)(C)c1ccc(N2c3cc(-n4c5ccccc5c5ccccc54)ccc3B3c4sc5cc(C(C)(C)C)ccc5c4N(c4ccc5c(c4)C(C)(C)CC5(C)C)c4cc(C(C)(C)C)cc2c43)cc1. The minimum absolute atomic E-state index is 0.0212. The van der Waals surface area contributed by atoms with Gasteiger partial charge in [0.25, 0.3) is 6.71 Å². The van der Waals surface area contributed by atoms with Crippen molar-refractivity contribution in [2.24, 2.45) is 0 Å². The van der Waals surface area contributed by atoms with Crippen LogP contribution in [-0.2, 0) is 27.1 Å². The standard InChI is InChI=1S/C63H64BN3S/c1-59(2,3)38-22-25-41(26-23-38)65-52-36-43(66-50-20-16-14-18-44(50)45-19-15-17-21-51(45)66)28-31-49(52)64-56-53(65)32-40(61(7,8)9)33-54(56)67(42-27-30-47-48(35-42)63(12,13)37-62(47,10)11)57-46-29-24-39(60(4,5)6)34-55(46)68-58(57)64/h14-36H,37H2,1-13H3. The van der Waals surface area contributed by atoms with Crippen LogP contribution in [0, 0.1) is 0 Å². The zero-order valence-electron chi connectivity index (χ0n) is 42.3. The highest BCUT2D eigenvalue weighted by Gasteiger charge is 2.47. The van der Waals surface area contributed by atoms with Crippen molar-refractivity contribution in [2.45, 2.75) is 124 Å². The molecule has 12 rings (SSSR count). The second-order valence-corrected chi connectivity index (χ2v) is 25.7. The van der Waals surface area contributed by atoms with E-state index >= 15 is 0 Å². The van der Waals surface area contributed by atoms with E-state index in [0.717, 1.165) is 6.42 Å². The Morgan fingerprint density at radius 2 is 1.03 bits per heavy atom. The van der Waals surface area contributed by atoms with E-state index in [4.69, 9.17) is 0 Å². The van der Waals surface area contributed by atoms with Crippen molar-refractivity contribution in [3.05, 3.63) is 167 Å². The predicted molar refractivity (Wildman–Crippen MR) is 297 cm³/mol. The van der Waals surface area contributed by atoms with Crippen LogP contribution in [0.3, 0.4) is 0 Å². The molecule has 0 spiro atoms. The number of hydrogen-bond donors (Lipinski definition) is 0. The highest BCUT2D eigenvalue weighted by atomic mass is 32.1. The number of hydrogen-bond acceptors (Lipinski definition) is 3. The largest absolute Gasteiger partial charge is 0.311 e. The van der Waals surface area contributed by atoms with Gasteiger partial charge in [-0.1, -0.05) is 163 Å². The van der Waals surface area contributed by atoms with Crippen molar-refractivity contribution in [2.75, 3.05) is 9.80 Å². The van der Waals surface area contributed by atoms with Gasteiger partial charge in [0.15, 0.2) is 0 Å². The summed E-state index contributed by atoms with van der Waals surface area (Å²) in [7, 11) is 0. The van der Waals surface area contributed by atoms with Crippen LogP contribution in [0.15, 0.2) is 140 Å². The monoisotopic (exact) mass is 905 g/mol. The van der Waals surface area contributed by atoms with E-state index in [-0.39, 0.29) is 33.8 Å². The number of aromatic nitrogens is 1. The lowest BCUT2D eigenvalue weighted by atomic mass is 9.36. The average molecular weight is 906 g/mol. The van der Waals surface area contributed by atoms with Crippen LogP contribution in [0.25, 0.3) is 37.6 Å². The first-order valence-electron chi connectivity index (χ1n) is 24.8. The molecule has 7 aromatic carbocycles. The number of para-hydroxylation sites is 2. The van der Waals surface area contributed by atoms with Gasteiger partial charge in [-0.3, -0.25) is 0 Å². The molecule has 0 amide bonds. The lowest BCUT2D eigenvalue weighted by molar-refractivity contribution is 0.403. The molecule has 0 bridgehead atoms. The molecule has 0 unspecified atom stereocenters. The molecule has 0 saturated carbocycles. The number of fused-ring (bicyclic) bond motifs is 10. The van der Waals surface area contributed by atoms with Gasteiger partial charge in [-0.15, -0.1) is 11.3 Å². The minimum Gasteiger partial charge on any atom is -0.311 e. The minimum atomic E-state index is -0.123. The maximum atomic E-state index is 2.69. The van der Waals surface area contributed by atoms with E-state index in [1.165, 1.54) is 115 Å². The van der Waals surface area contributed by atoms with Gasteiger partial charge in [-0.05, 0) is 139 Å². The Balaban J connectivity index is 1.20. The Labute approximate surface area is 408 Å². The quantitative estimate of drug-likeness (QED) is 0.164. The third-order valence-electron chi connectivity index (χ3n) is 15.8. The Kier molecular flexibility index (Phi) is 9.07. The molecule has 0 saturated heterocycles. The molecule has 0 fully saturated rings. The second kappa shape index (κ2) is 14.3. The van der Waals surface area contributed by atoms with Crippen LogP contribution in [-0.4, -0.2) is 11.3 Å². The summed E-state index contributed by atoms with van der Waals surface area (Å²) in [6, 6.07) is 54.5. The summed E-state index contributed by atoms with van der Waals surface area (Å²) in [5.41, 5.74) is 21.0. The number of thiophene rings is 1. The van der Waals surface area contributed by atoms with Gasteiger partial charge >= 0.3 is 0 Å². The van der Waals surface area contributed by atoms with Gasteiger partial charge in [0.1, 0.15) is 0 Å². The fourth-order valence-electron chi connectivity index (χ4n) is 12.5. The zero-order chi connectivity index (χ0) is 47.6. The number of anilines is 6. The molecule has 3 nitrogen and oxygen atoms in total. The highest BCUT2D eigenvalue weighted by Crippen LogP contribution is 2.54. The van der Waals surface area contributed by atoms with Gasteiger partial charge in [0.2, 0.25) is 0 Å². The molecule has 68 heavy (non-hydrogen) atoms. The van der Waals surface area contributed by atoms with E-state index in [2.05, 4.69) is 244 Å². The Hall–Kier alpha value is -6.04. The number of rotatable bonds is 3. The summed E-state index contributed by atoms with van der Waals surface area (Å²) >= 11 is 2.01. The third-order valence-corrected chi connectivity index (χ3v) is 17.0. The average Bonchev–Trinajstić information content (AvgIpc) is 3.89. The number of benzene rings is 7. The van der Waals surface area contributed by atoms with Crippen molar-refractivity contribution in [3.8, 4) is 5.69 Å². The molecule has 4 heterocycles. The van der Waals surface area contributed by atoms with Gasteiger partial charge in [-0.25, -0.2) is 0 Å². The first-order valence-corrected chi connectivity index (χ1v) is 25.7. The van der Waals surface area contributed by atoms with Crippen molar-refractivity contribution < 1.29 is 0 Å². The fraction of sp³-hybridized carbons (Fsp3) is 0.302. The summed E-state index contributed by atoms with van der Waals surface area (Å²) in [6.45, 7) is 30.9. The zero-order valence-corrected chi connectivity index (χ0v) is 43.1. The lowest BCUT2D eigenvalue weighted by Gasteiger charge is -2.44. The Bertz CT molecular complexity index is 3510. The van der Waals surface area contributed by atoms with Gasteiger partial charge in [0.05, 0.1) is 16.7 Å². The summed E-state index contributed by atoms with van der Waals surface area (Å²) in [5, 5.41) is 3.88. The maximum Gasteiger partial charge on any atom is 0.264 e. The fourth-order valence-corrected chi connectivity index (χ4v) is 13.8. The predicted octanol–water partition coefficient (Wildman–Crippen LogP) is 15.9. The van der Waals surface area contributed by atoms with E-state index < -0.39 is 0 Å². The van der Waals surface area contributed by atoms with Gasteiger partial charge < -0.3 is 14.4 Å². The van der Waals surface area contributed by atoms with Crippen molar-refractivity contribution in [3.63, 3.8) is 0 Å². The van der Waals surface area contributed by atoms with E-state index in [9.17, 15) is 0 Å². The Morgan fingerprint density at radius 1 is 0.471 bits per heavy atom.